The van der Waals surface area contributed by atoms with Gasteiger partial charge in [0.05, 0.1) is 23.7 Å². The van der Waals surface area contributed by atoms with Gasteiger partial charge in [-0.1, -0.05) is 25.5 Å². The van der Waals surface area contributed by atoms with Crippen molar-refractivity contribution in [3.63, 3.8) is 0 Å². The number of aromatic hydroxyl groups is 1. The molecule has 32 heavy (non-hydrogen) atoms. The summed E-state index contributed by atoms with van der Waals surface area (Å²) in [5, 5.41) is 20.5. The van der Waals surface area contributed by atoms with E-state index in [0.717, 1.165) is 16.5 Å². The molecule has 2 aromatic heterocycles. The fourth-order valence-corrected chi connectivity index (χ4v) is 3.88. The number of ether oxygens (including phenoxy) is 1. The summed E-state index contributed by atoms with van der Waals surface area (Å²) in [6.45, 7) is 8.58. The van der Waals surface area contributed by atoms with Crippen molar-refractivity contribution < 1.29 is 14.6 Å². The SMILES string of the molecule is COc1ccc2nc(C)cc(C(=O)N=Nc3c(O)n(CC(C)C)c4ccc(C)cc34)c2c1. The van der Waals surface area contributed by atoms with Gasteiger partial charge in [0.1, 0.15) is 5.75 Å². The second-order valence-corrected chi connectivity index (χ2v) is 8.40. The lowest BCUT2D eigenvalue weighted by Crippen LogP contribution is -2.03. The lowest BCUT2D eigenvalue weighted by Gasteiger charge is -2.09. The third-order valence-corrected chi connectivity index (χ3v) is 5.33. The number of azo groups is 1. The predicted molar refractivity (Wildman–Crippen MR) is 125 cm³/mol. The smallest absolute Gasteiger partial charge is 0.296 e. The first-order valence-corrected chi connectivity index (χ1v) is 10.5. The Morgan fingerprint density at radius 3 is 2.62 bits per heavy atom. The van der Waals surface area contributed by atoms with Gasteiger partial charge in [0.25, 0.3) is 5.91 Å². The molecule has 0 saturated heterocycles. The zero-order valence-electron chi connectivity index (χ0n) is 18.9. The molecule has 0 spiro atoms. The average Bonchev–Trinajstić information content (AvgIpc) is 3.00. The Balaban J connectivity index is 1.81. The van der Waals surface area contributed by atoms with Crippen LogP contribution in [0.1, 0.15) is 35.5 Å². The third-order valence-electron chi connectivity index (χ3n) is 5.33. The molecule has 0 saturated carbocycles. The van der Waals surface area contributed by atoms with Crippen LogP contribution in [0, 0.1) is 19.8 Å². The molecule has 1 amide bonds. The first kappa shape index (κ1) is 21.5. The van der Waals surface area contributed by atoms with E-state index < -0.39 is 5.91 Å². The van der Waals surface area contributed by atoms with Gasteiger partial charge >= 0.3 is 0 Å². The molecule has 4 aromatic rings. The Hall–Kier alpha value is -3.74. The molecule has 7 nitrogen and oxygen atoms in total. The number of nitrogens with zero attached hydrogens (tertiary/aromatic N) is 4. The third kappa shape index (κ3) is 3.93. The Morgan fingerprint density at radius 1 is 1.12 bits per heavy atom. The second-order valence-electron chi connectivity index (χ2n) is 8.40. The Kier molecular flexibility index (Phi) is 5.65. The zero-order valence-corrected chi connectivity index (χ0v) is 18.9. The van der Waals surface area contributed by atoms with Crippen molar-refractivity contribution in [1.82, 2.24) is 9.55 Å². The van der Waals surface area contributed by atoms with Crippen molar-refractivity contribution in [3.8, 4) is 11.6 Å². The van der Waals surface area contributed by atoms with Crippen LogP contribution in [0.15, 0.2) is 52.7 Å². The maximum Gasteiger partial charge on any atom is 0.296 e. The number of rotatable bonds is 5. The van der Waals surface area contributed by atoms with Crippen molar-refractivity contribution in [1.29, 1.82) is 0 Å². The molecule has 0 atom stereocenters. The summed E-state index contributed by atoms with van der Waals surface area (Å²) in [5.74, 6) is 0.447. The number of hydrogen-bond acceptors (Lipinski definition) is 5. The molecule has 164 valence electrons. The Bertz CT molecular complexity index is 1370. The molecule has 0 bridgehead atoms. The number of carbonyl (C=O) groups is 1. The van der Waals surface area contributed by atoms with Gasteiger partial charge < -0.3 is 14.4 Å². The van der Waals surface area contributed by atoms with Crippen molar-refractivity contribution in [2.24, 2.45) is 16.1 Å². The molecule has 0 aliphatic heterocycles. The molecular formula is C25H26N4O3. The molecule has 0 fully saturated rings. The highest BCUT2D eigenvalue weighted by atomic mass is 16.5. The molecule has 1 N–H and O–H groups in total. The largest absolute Gasteiger partial charge is 0.497 e. The van der Waals surface area contributed by atoms with Gasteiger partial charge in [0, 0.05) is 23.0 Å². The van der Waals surface area contributed by atoms with E-state index in [1.807, 2.05) is 42.7 Å². The fraction of sp³-hybridized carbons (Fsp3) is 0.280. The van der Waals surface area contributed by atoms with Gasteiger partial charge in [-0.2, -0.15) is 0 Å². The van der Waals surface area contributed by atoms with Crippen LogP contribution >= 0.6 is 0 Å². The Labute approximate surface area is 186 Å². The molecule has 0 aliphatic rings. The minimum absolute atomic E-state index is 0.00767. The topological polar surface area (TPSA) is 89.1 Å². The predicted octanol–water partition coefficient (Wildman–Crippen LogP) is 6.10. The molecule has 0 unspecified atom stereocenters. The van der Waals surface area contributed by atoms with E-state index in [1.165, 1.54) is 0 Å². The van der Waals surface area contributed by atoms with E-state index >= 15 is 0 Å². The summed E-state index contributed by atoms with van der Waals surface area (Å²) in [4.78, 5) is 17.5. The standard InChI is InChI=1S/C25H26N4O3/c1-14(2)13-29-22-9-6-15(3)10-20(22)23(25(29)31)27-28-24(30)19-11-16(4)26-21-8-7-17(32-5)12-18(19)21/h6-12,14,31H,13H2,1-5H3. The molecule has 4 rings (SSSR count). The van der Waals surface area contributed by atoms with Crippen LogP contribution in [0.5, 0.6) is 11.6 Å². The quantitative estimate of drug-likeness (QED) is 0.387. The summed E-state index contributed by atoms with van der Waals surface area (Å²) in [5.41, 5.74) is 3.95. The first-order chi connectivity index (χ1) is 15.3. The molecular weight excluding hydrogens is 404 g/mol. The van der Waals surface area contributed by atoms with Gasteiger partial charge in [-0.15, -0.1) is 10.2 Å². The minimum Gasteiger partial charge on any atom is -0.497 e. The molecule has 0 aliphatic carbocycles. The van der Waals surface area contributed by atoms with Crippen molar-refractivity contribution >= 4 is 33.4 Å². The van der Waals surface area contributed by atoms with E-state index in [0.29, 0.717) is 46.1 Å². The highest BCUT2D eigenvalue weighted by molar-refractivity contribution is 6.07. The Morgan fingerprint density at radius 2 is 1.91 bits per heavy atom. The molecule has 2 heterocycles. The summed E-state index contributed by atoms with van der Waals surface area (Å²) in [6.07, 6.45) is 0. The van der Waals surface area contributed by atoms with Crippen LogP contribution in [0.2, 0.25) is 0 Å². The fourth-order valence-electron chi connectivity index (χ4n) is 3.88. The van der Waals surface area contributed by atoms with Crippen molar-refractivity contribution in [2.75, 3.05) is 7.11 Å². The van der Waals surface area contributed by atoms with E-state index in [-0.39, 0.29) is 5.88 Å². The maximum absolute atomic E-state index is 13.1. The summed E-state index contributed by atoms with van der Waals surface area (Å²) in [6, 6.07) is 13.0. The van der Waals surface area contributed by atoms with E-state index in [2.05, 4.69) is 29.1 Å². The molecule has 2 aromatic carbocycles. The van der Waals surface area contributed by atoms with Gasteiger partial charge in [0.15, 0.2) is 5.69 Å². The number of benzene rings is 2. The van der Waals surface area contributed by atoms with Gasteiger partial charge in [0.2, 0.25) is 5.88 Å². The number of pyridine rings is 1. The average molecular weight is 431 g/mol. The number of fused-ring (bicyclic) bond motifs is 2. The van der Waals surface area contributed by atoms with Crippen LogP contribution in [0.4, 0.5) is 5.69 Å². The number of aryl methyl sites for hydroxylation is 2. The number of amides is 1. The van der Waals surface area contributed by atoms with Crippen LogP contribution < -0.4 is 4.74 Å². The number of methoxy groups -OCH3 is 1. The first-order valence-electron chi connectivity index (χ1n) is 10.5. The van der Waals surface area contributed by atoms with Crippen LogP contribution in [0.25, 0.3) is 21.8 Å². The number of aromatic nitrogens is 2. The van der Waals surface area contributed by atoms with E-state index in [1.54, 1.807) is 25.3 Å². The minimum atomic E-state index is -0.509. The van der Waals surface area contributed by atoms with Gasteiger partial charge in [-0.3, -0.25) is 9.78 Å². The number of carbonyl (C=O) groups excluding carboxylic acids is 1. The lowest BCUT2D eigenvalue weighted by molar-refractivity contribution is 0.0996. The molecule has 0 radical (unpaired) electrons. The lowest BCUT2D eigenvalue weighted by atomic mass is 10.1. The van der Waals surface area contributed by atoms with E-state index in [9.17, 15) is 9.90 Å². The summed E-state index contributed by atoms with van der Waals surface area (Å²) in [7, 11) is 1.57. The molecule has 7 heteroatoms. The second kappa shape index (κ2) is 8.42. The van der Waals surface area contributed by atoms with Crippen LogP contribution in [-0.2, 0) is 6.54 Å². The van der Waals surface area contributed by atoms with Gasteiger partial charge in [-0.05, 0) is 56.2 Å². The van der Waals surface area contributed by atoms with Gasteiger partial charge in [-0.25, -0.2) is 0 Å². The normalized spacial score (nSPS) is 11.8. The monoisotopic (exact) mass is 430 g/mol. The highest BCUT2D eigenvalue weighted by Gasteiger charge is 2.19. The maximum atomic E-state index is 13.1. The summed E-state index contributed by atoms with van der Waals surface area (Å²) >= 11 is 0. The van der Waals surface area contributed by atoms with E-state index in [4.69, 9.17) is 4.74 Å². The zero-order chi connectivity index (χ0) is 23.0. The van der Waals surface area contributed by atoms with Crippen molar-refractivity contribution in [3.05, 3.63) is 59.3 Å². The van der Waals surface area contributed by atoms with Crippen molar-refractivity contribution in [2.45, 2.75) is 34.2 Å². The van der Waals surface area contributed by atoms with Crippen LogP contribution in [0.3, 0.4) is 0 Å². The highest BCUT2D eigenvalue weighted by Crippen LogP contribution is 2.40. The van der Waals surface area contributed by atoms with Crippen LogP contribution in [-0.4, -0.2) is 27.7 Å². The number of hydrogen-bond donors (Lipinski definition) is 1. The summed E-state index contributed by atoms with van der Waals surface area (Å²) < 4.78 is 7.11.